The number of benzene rings is 2. The van der Waals surface area contributed by atoms with E-state index in [0.717, 1.165) is 6.08 Å². The number of halogens is 2. The molecule has 0 radical (unpaired) electrons. The first-order valence-electron chi connectivity index (χ1n) is 6.28. The highest BCUT2D eigenvalue weighted by Crippen LogP contribution is 2.29. The second-order valence-electron chi connectivity index (χ2n) is 4.45. The summed E-state index contributed by atoms with van der Waals surface area (Å²) in [6, 6.07) is 8.97. The van der Waals surface area contributed by atoms with Gasteiger partial charge < -0.3 is 10.4 Å². The van der Waals surface area contributed by atoms with E-state index in [0.29, 0.717) is 16.9 Å². The number of phenolic OH excluding ortho intramolecular Hbond substituents is 1. The predicted octanol–water partition coefficient (Wildman–Crippen LogP) is 4.20. The van der Waals surface area contributed by atoms with Crippen LogP contribution in [0.25, 0.3) is 6.08 Å². The molecule has 2 rings (SSSR count). The molecule has 6 nitrogen and oxygen atoms in total. The maximum absolute atomic E-state index is 12.2. The zero-order valence-corrected chi connectivity index (χ0v) is 13.0. The van der Waals surface area contributed by atoms with Crippen molar-refractivity contribution in [2.75, 3.05) is 5.32 Å². The van der Waals surface area contributed by atoms with Crippen molar-refractivity contribution in [3.05, 3.63) is 73.9 Å². The summed E-state index contributed by atoms with van der Waals surface area (Å²) in [4.78, 5) is 21.9. The van der Waals surface area contributed by atoms with Gasteiger partial charge in [-0.05, 0) is 36.4 Å². The molecule has 1 amide bonds. The predicted molar refractivity (Wildman–Crippen MR) is 88.6 cm³/mol. The smallest absolute Gasteiger partial charge is 0.259 e. The van der Waals surface area contributed by atoms with Crippen LogP contribution in [0.5, 0.6) is 5.75 Å². The molecule has 0 aliphatic rings. The van der Waals surface area contributed by atoms with Gasteiger partial charge in [0.05, 0.1) is 10.5 Å². The summed E-state index contributed by atoms with van der Waals surface area (Å²) >= 11 is 11.7. The fraction of sp³-hybridized carbons (Fsp3) is 0. The lowest BCUT2D eigenvalue weighted by Crippen LogP contribution is -2.12. The van der Waals surface area contributed by atoms with E-state index in [-0.39, 0.29) is 16.1 Å². The molecule has 2 N–H and O–H groups in total. The quantitative estimate of drug-likeness (QED) is 0.636. The van der Waals surface area contributed by atoms with Gasteiger partial charge in [0.2, 0.25) is 6.20 Å². The Labute approximate surface area is 141 Å². The molecule has 0 fully saturated rings. The van der Waals surface area contributed by atoms with Gasteiger partial charge >= 0.3 is 0 Å². The van der Waals surface area contributed by atoms with Crippen LogP contribution in [0.3, 0.4) is 0 Å². The Balaban J connectivity index is 2.32. The fourth-order valence-corrected chi connectivity index (χ4v) is 2.15. The van der Waals surface area contributed by atoms with Gasteiger partial charge in [0, 0.05) is 27.4 Å². The van der Waals surface area contributed by atoms with Crippen LogP contribution < -0.4 is 5.32 Å². The highest BCUT2D eigenvalue weighted by molar-refractivity contribution is 6.31. The van der Waals surface area contributed by atoms with E-state index in [1.165, 1.54) is 12.1 Å². The molecule has 0 aliphatic heterocycles. The maximum atomic E-state index is 12.2. The van der Waals surface area contributed by atoms with E-state index in [1.807, 2.05) is 0 Å². The molecule has 0 atom stereocenters. The van der Waals surface area contributed by atoms with Gasteiger partial charge in [0.1, 0.15) is 5.75 Å². The Bertz CT molecular complexity index is 789. The normalized spacial score (nSPS) is 10.7. The number of hydrogen-bond donors (Lipinski definition) is 2. The summed E-state index contributed by atoms with van der Waals surface area (Å²) in [5, 5.41) is 23.7. The minimum atomic E-state index is -0.687. The minimum Gasteiger partial charge on any atom is -0.506 e. The van der Waals surface area contributed by atoms with E-state index in [1.54, 1.807) is 24.3 Å². The topological polar surface area (TPSA) is 92.5 Å². The lowest BCUT2D eigenvalue weighted by atomic mass is 10.1. The van der Waals surface area contributed by atoms with Crippen molar-refractivity contribution in [3.8, 4) is 5.75 Å². The molecule has 0 heterocycles. The van der Waals surface area contributed by atoms with Crippen molar-refractivity contribution in [1.29, 1.82) is 0 Å². The number of aromatic hydroxyl groups is 1. The van der Waals surface area contributed by atoms with Crippen LogP contribution in [0.1, 0.15) is 15.9 Å². The number of carbonyl (C=O) groups is 1. The second kappa shape index (κ2) is 7.13. The number of carbonyl (C=O) groups excluding carboxylic acids is 1. The molecule has 2 aromatic rings. The highest BCUT2D eigenvalue weighted by Gasteiger charge is 2.16. The average molecular weight is 353 g/mol. The SMILES string of the molecule is O=C(Nc1ccc(Cl)cc1)c1cc(Cl)cc(/C=C/[N+](=O)[O-])c1O. The summed E-state index contributed by atoms with van der Waals surface area (Å²) in [5.74, 6) is -1.01. The van der Waals surface area contributed by atoms with Gasteiger partial charge in [-0.1, -0.05) is 23.2 Å². The van der Waals surface area contributed by atoms with Gasteiger partial charge in [0.15, 0.2) is 0 Å². The first kappa shape index (κ1) is 16.8. The van der Waals surface area contributed by atoms with E-state index < -0.39 is 16.6 Å². The standard InChI is InChI=1S/C15H10Cl2N2O4/c16-10-1-3-12(4-2-10)18-15(21)13-8-11(17)7-9(14(13)20)5-6-19(22)23/h1-8,20H,(H,18,21)/b6-5+. The van der Waals surface area contributed by atoms with Crippen LogP contribution in [0.2, 0.25) is 10.0 Å². The molecule has 0 bridgehead atoms. The molecule has 0 aliphatic carbocycles. The van der Waals surface area contributed by atoms with Gasteiger partial charge in [-0.3, -0.25) is 14.9 Å². The van der Waals surface area contributed by atoms with Crippen molar-refractivity contribution >= 4 is 40.9 Å². The zero-order valence-electron chi connectivity index (χ0n) is 11.5. The van der Waals surface area contributed by atoms with Crippen molar-refractivity contribution in [3.63, 3.8) is 0 Å². The number of anilines is 1. The molecule has 0 saturated carbocycles. The second-order valence-corrected chi connectivity index (χ2v) is 5.33. The molecule has 0 saturated heterocycles. The number of nitrogens with one attached hydrogen (secondary N) is 1. The summed E-state index contributed by atoms with van der Waals surface area (Å²) in [5.41, 5.74) is 0.437. The van der Waals surface area contributed by atoms with E-state index in [2.05, 4.69) is 5.32 Å². The number of phenols is 1. The Morgan fingerprint density at radius 1 is 1.17 bits per heavy atom. The Kier molecular flexibility index (Phi) is 5.20. The van der Waals surface area contributed by atoms with Crippen molar-refractivity contribution in [2.24, 2.45) is 0 Å². The zero-order chi connectivity index (χ0) is 17.0. The van der Waals surface area contributed by atoms with Crippen LogP contribution in [0.4, 0.5) is 5.69 Å². The van der Waals surface area contributed by atoms with Gasteiger partial charge in [-0.15, -0.1) is 0 Å². The van der Waals surface area contributed by atoms with Crippen LogP contribution >= 0.6 is 23.2 Å². The van der Waals surface area contributed by atoms with Crippen molar-refractivity contribution in [2.45, 2.75) is 0 Å². The summed E-state index contributed by atoms with van der Waals surface area (Å²) in [6.07, 6.45) is 1.70. The molecule has 23 heavy (non-hydrogen) atoms. The third-order valence-corrected chi connectivity index (χ3v) is 3.30. The summed E-state index contributed by atoms with van der Waals surface area (Å²) in [6.45, 7) is 0. The summed E-state index contributed by atoms with van der Waals surface area (Å²) in [7, 11) is 0. The van der Waals surface area contributed by atoms with E-state index >= 15 is 0 Å². The molecule has 0 unspecified atom stereocenters. The number of amides is 1. The van der Waals surface area contributed by atoms with Crippen molar-refractivity contribution in [1.82, 2.24) is 0 Å². The molecular formula is C15H10Cl2N2O4. The van der Waals surface area contributed by atoms with Gasteiger partial charge in [-0.25, -0.2) is 0 Å². The Morgan fingerprint density at radius 2 is 1.83 bits per heavy atom. The van der Waals surface area contributed by atoms with Crippen LogP contribution in [-0.4, -0.2) is 15.9 Å². The molecule has 0 aromatic heterocycles. The number of hydrogen-bond acceptors (Lipinski definition) is 4. The largest absolute Gasteiger partial charge is 0.506 e. The first-order chi connectivity index (χ1) is 10.9. The monoisotopic (exact) mass is 352 g/mol. The third kappa shape index (κ3) is 4.45. The highest BCUT2D eigenvalue weighted by atomic mass is 35.5. The lowest BCUT2D eigenvalue weighted by Gasteiger charge is -2.09. The molecular weight excluding hydrogens is 343 g/mol. The molecule has 0 spiro atoms. The molecule has 8 heteroatoms. The van der Waals surface area contributed by atoms with E-state index in [4.69, 9.17) is 23.2 Å². The summed E-state index contributed by atoms with van der Waals surface area (Å²) < 4.78 is 0. The van der Waals surface area contributed by atoms with Crippen molar-refractivity contribution < 1.29 is 14.8 Å². The molecule has 118 valence electrons. The molecule has 2 aromatic carbocycles. The minimum absolute atomic E-state index is 0.0652. The van der Waals surface area contributed by atoms with Crippen LogP contribution in [-0.2, 0) is 0 Å². The Hall–Kier alpha value is -2.57. The maximum Gasteiger partial charge on any atom is 0.259 e. The number of rotatable bonds is 4. The van der Waals surface area contributed by atoms with Crippen LogP contribution in [0.15, 0.2) is 42.6 Å². The average Bonchev–Trinajstić information content (AvgIpc) is 2.49. The fourth-order valence-electron chi connectivity index (χ4n) is 1.79. The Morgan fingerprint density at radius 3 is 2.43 bits per heavy atom. The van der Waals surface area contributed by atoms with Crippen LogP contribution in [0, 0.1) is 10.1 Å². The lowest BCUT2D eigenvalue weighted by molar-refractivity contribution is -0.400. The van der Waals surface area contributed by atoms with E-state index in [9.17, 15) is 20.0 Å². The number of nitro groups is 1. The first-order valence-corrected chi connectivity index (χ1v) is 7.03. The van der Waals surface area contributed by atoms with Gasteiger partial charge in [0.25, 0.3) is 5.91 Å². The van der Waals surface area contributed by atoms with Gasteiger partial charge in [-0.2, -0.15) is 0 Å². The number of nitrogens with zero attached hydrogens (tertiary/aromatic N) is 1. The third-order valence-electron chi connectivity index (χ3n) is 2.83.